The Morgan fingerprint density at radius 1 is 0.889 bits per heavy atom. The molecule has 2 aliphatic rings. The van der Waals surface area contributed by atoms with Crippen molar-refractivity contribution in [3.8, 4) is 11.1 Å². The Hall–Kier alpha value is -2.58. The van der Waals surface area contributed by atoms with Gasteiger partial charge in [-0.15, -0.1) is 0 Å². The summed E-state index contributed by atoms with van der Waals surface area (Å²) in [7, 11) is 0. The molecule has 0 bridgehead atoms. The lowest BCUT2D eigenvalue weighted by molar-refractivity contribution is 0.331. The van der Waals surface area contributed by atoms with Crippen LogP contribution in [0.15, 0.2) is 48.5 Å². The summed E-state index contributed by atoms with van der Waals surface area (Å²) in [6.07, 6.45) is 14.0. The van der Waals surface area contributed by atoms with Crippen LogP contribution < -0.4 is 21.9 Å². The van der Waals surface area contributed by atoms with E-state index in [0.29, 0.717) is 0 Å². The van der Waals surface area contributed by atoms with Crippen molar-refractivity contribution in [1.82, 2.24) is 36.7 Å². The number of hydrogen-bond acceptors (Lipinski definition) is 6. The standard InChI is InChI=1S/C29H41N7/c1-2-3-15-27-30-28(16-9-12-22-10-5-4-6-11-22)36(33-27)21-23-17-19-24(20-18-23)25-13-7-8-14-26(25)29-31-34-35-32-29/h7-8,13-14,17-20,22,29,31-32,34-35H,2-6,9-12,15-16,21H2,1H3. The van der Waals surface area contributed by atoms with E-state index in [9.17, 15) is 0 Å². The van der Waals surface area contributed by atoms with Crippen molar-refractivity contribution >= 4 is 0 Å². The third-order valence-corrected chi connectivity index (χ3v) is 7.65. The van der Waals surface area contributed by atoms with Gasteiger partial charge in [-0.1, -0.05) is 100 Å². The quantitative estimate of drug-likeness (QED) is 0.292. The number of nitrogens with one attached hydrogen (secondary N) is 4. The second kappa shape index (κ2) is 12.6. The first-order valence-electron chi connectivity index (χ1n) is 13.9. The Labute approximate surface area is 215 Å². The smallest absolute Gasteiger partial charge is 0.150 e. The average Bonchev–Trinajstić information content (AvgIpc) is 3.59. The van der Waals surface area contributed by atoms with Crippen LogP contribution in [0.3, 0.4) is 0 Å². The molecular weight excluding hydrogens is 446 g/mol. The highest BCUT2D eigenvalue weighted by Crippen LogP contribution is 2.29. The Kier molecular flexibility index (Phi) is 8.77. The van der Waals surface area contributed by atoms with Crippen molar-refractivity contribution in [1.29, 1.82) is 0 Å². The first kappa shape index (κ1) is 25.1. The van der Waals surface area contributed by atoms with Gasteiger partial charge in [0.1, 0.15) is 12.0 Å². The molecule has 192 valence electrons. The van der Waals surface area contributed by atoms with E-state index in [0.717, 1.165) is 43.4 Å². The van der Waals surface area contributed by atoms with Gasteiger partial charge in [-0.05, 0) is 41.0 Å². The summed E-state index contributed by atoms with van der Waals surface area (Å²) in [6.45, 7) is 3.01. The van der Waals surface area contributed by atoms with E-state index in [4.69, 9.17) is 10.1 Å². The van der Waals surface area contributed by atoms with E-state index in [2.05, 4.69) is 82.1 Å². The molecule has 3 aromatic rings. The summed E-state index contributed by atoms with van der Waals surface area (Å²) in [5.41, 5.74) is 17.1. The molecule has 0 spiro atoms. The molecule has 2 heterocycles. The second-order valence-corrected chi connectivity index (χ2v) is 10.4. The fourth-order valence-electron chi connectivity index (χ4n) is 5.59. The van der Waals surface area contributed by atoms with E-state index in [1.54, 1.807) is 0 Å². The van der Waals surface area contributed by atoms with Gasteiger partial charge in [0.15, 0.2) is 5.82 Å². The molecule has 0 radical (unpaired) electrons. The molecule has 36 heavy (non-hydrogen) atoms. The fraction of sp³-hybridized carbons (Fsp3) is 0.517. The van der Waals surface area contributed by atoms with Gasteiger partial charge >= 0.3 is 0 Å². The molecule has 4 N–H and O–H groups in total. The number of hydrogen-bond donors (Lipinski definition) is 4. The predicted molar refractivity (Wildman–Crippen MR) is 144 cm³/mol. The minimum Gasteiger partial charge on any atom is -0.245 e. The molecule has 0 amide bonds. The Morgan fingerprint density at radius 3 is 2.44 bits per heavy atom. The number of unbranched alkanes of at least 4 members (excludes halogenated alkanes) is 1. The lowest BCUT2D eigenvalue weighted by Gasteiger charge is -2.21. The number of hydrazine groups is 3. The van der Waals surface area contributed by atoms with Crippen molar-refractivity contribution in [3.05, 3.63) is 71.3 Å². The van der Waals surface area contributed by atoms with Crippen LogP contribution in [0.5, 0.6) is 0 Å². The zero-order valence-corrected chi connectivity index (χ0v) is 21.6. The molecule has 2 fully saturated rings. The minimum atomic E-state index is 0.00809. The third-order valence-electron chi connectivity index (χ3n) is 7.65. The van der Waals surface area contributed by atoms with E-state index < -0.39 is 0 Å². The highest BCUT2D eigenvalue weighted by Gasteiger charge is 2.19. The van der Waals surface area contributed by atoms with Crippen LogP contribution in [0.4, 0.5) is 0 Å². The predicted octanol–water partition coefficient (Wildman–Crippen LogP) is 5.35. The van der Waals surface area contributed by atoms with Crippen LogP contribution >= 0.6 is 0 Å². The van der Waals surface area contributed by atoms with Crippen molar-refractivity contribution < 1.29 is 0 Å². The SMILES string of the molecule is CCCCc1nc(CCCC2CCCCC2)n(Cc2ccc(-c3ccccc3C3NNNN3)cc2)n1. The molecule has 1 saturated heterocycles. The summed E-state index contributed by atoms with van der Waals surface area (Å²) in [6, 6.07) is 17.4. The van der Waals surface area contributed by atoms with Gasteiger partial charge in [0.25, 0.3) is 0 Å². The molecular formula is C29H41N7. The van der Waals surface area contributed by atoms with E-state index in [1.807, 2.05) is 0 Å². The van der Waals surface area contributed by atoms with Crippen molar-refractivity contribution in [2.75, 3.05) is 0 Å². The highest BCUT2D eigenvalue weighted by atomic mass is 15.8. The molecule has 1 aliphatic heterocycles. The molecule has 1 saturated carbocycles. The number of benzene rings is 2. The first-order valence-corrected chi connectivity index (χ1v) is 13.9. The van der Waals surface area contributed by atoms with Crippen molar-refractivity contribution in [2.24, 2.45) is 5.92 Å². The summed E-state index contributed by atoms with van der Waals surface area (Å²) in [4.78, 5) is 4.97. The number of aryl methyl sites for hydroxylation is 2. The maximum atomic E-state index is 4.97. The van der Waals surface area contributed by atoms with E-state index in [1.165, 1.54) is 73.6 Å². The van der Waals surface area contributed by atoms with Crippen LogP contribution in [-0.2, 0) is 19.4 Å². The minimum absolute atomic E-state index is 0.00809. The Morgan fingerprint density at radius 2 is 1.67 bits per heavy atom. The van der Waals surface area contributed by atoms with Crippen LogP contribution in [-0.4, -0.2) is 14.8 Å². The first-order chi connectivity index (χ1) is 17.8. The highest BCUT2D eigenvalue weighted by molar-refractivity contribution is 5.68. The van der Waals surface area contributed by atoms with Crippen molar-refractivity contribution in [3.63, 3.8) is 0 Å². The van der Waals surface area contributed by atoms with Gasteiger partial charge < -0.3 is 0 Å². The maximum Gasteiger partial charge on any atom is 0.150 e. The normalized spacial score (nSPS) is 17.1. The van der Waals surface area contributed by atoms with Gasteiger partial charge in [0, 0.05) is 12.8 Å². The van der Waals surface area contributed by atoms with Gasteiger partial charge in [0.05, 0.1) is 6.54 Å². The number of rotatable bonds is 11. The zero-order valence-electron chi connectivity index (χ0n) is 21.6. The molecule has 1 aliphatic carbocycles. The topological polar surface area (TPSA) is 78.8 Å². The lowest BCUT2D eigenvalue weighted by atomic mass is 9.86. The van der Waals surface area contributed by atoms with E-state index in [-0.39, 0.29) is 6.17 Å². The molecule has 0 unspecified atom stereocenters. The largest absolute Gasteiger partial charge is 0.245 e. The van der Waals surface area contributed by atoms with Gasteiger partial charge in [-0.3, -0.25) is 0 Å². The molecule has 1 aromatic heterocycles. The van der Waals surface area contributed by atoms with Gasteiger partial charge in [-0.25, -0.2) is 20.5 Å². The summed E-state index contributed by atoms with van der Waals surface area (Å²) in [5, 5.41) is 4.93. The van der Waals surface area contributed by atoms with Crippen LogP contribution in [0.25, 0.3) is 11.1 Å². The molecule has 2 aromatic carbocycles. The lowest BCUT2D eigenvalue weighted by Crippen LogP contribution is -2.33. The average molecular weight is 488 g/mol. The maximum absolute atomic E-state index is 4.97. The summed E-state index contributed by atoms with van der Waals surface area (Å²) in [5.74, 6) is 3.09. The summed E-state index contributed by atoms with van der Waals surface area (Å²) >= 11 is 0. The van der Waals surface area contributed by atoms with E-state index >= 15 is 0 Å². The Balaban J connectivity index is 1.28. The van der Waals surface area contributed by atoms with Crippen molar-refractivity contribution in [2.45, 2.75) is 90.3 Å². The van der Waals surface area contributed by atoms with Gasteiger partial charge in [0.2, 0.25) is 0 Å². The zero-order chi connectivity index (χ0) is 24.6. The third kappa shape index (κ3) is 6.40. The molecule has 7 heteroatoms. The van der Waals surface area contributed by atoms with Crippen LogP contribution in [0.2, 0.25) is 0 Å². The molecule has 0 atom stereocenters. The number of aromatic nitrogens is 3. The van der Waals surface area contributed by atoms with Crippen LogP contribution in [0, 0.1) is 5.92 Å². The number of nitrogens with zero attached hydrogens (tertiary/aromatic N) is 3. The Bertz CT molecular complexity index is 1080. The summed E-state index contributed by atoms with van der Waals surface area (Å²) < 4.78 is 2.17. The fourth-order valence-corrected chi connectivity index (χ4v) is 5.59. The molecule has 7 nitrogen and oxygen atoms in total. The monoisotopic (exact) mass is 487 g/mol. The molecule has 5 rings (SSSR count). The second-order valence-electron chi connectivity index (χ2n) is 10.4. The van der Waals surface area contributed by atoms with Gasteiger partial charge in [-0.2, -0.15) is 16.2 Å². The van der Waals surface area contributed by atoms with Crippen LogP contribution in [0.1, 0.15) is 93.7 Å².